The molecule has 2 aromatic heterocycles. The summed E-state index contributed by atoms with van der Waals surface area (Å²) in [6.07, 6.45) is 0. The molecular formula is C59H37NO2. The van der Waals surface area contributed by atoms with Crippen molar-refractivity contribution in [2.75, 3.05) is 4.90 Å². The largest absolute Gasteiger partial charge is 0.455 e. The first-order valence-corrected chi connectivity index (χ1v) is 21.3. The van der Waals surface area contributed by atoms with Crippen LogP contribution in [0, 0.1) is 0 Å². The van der Waals surface area contributed by atoms with Gasteiger partial charge in [0.05, 0.1) is 22.5 Å². The highest BCUT2D eigenvalue weighted by Crippen LogP contribution is 2.60. The molecule has 0 radical (unpaired) electrons. The highest BCUT2D eigenvalue weighted by molar-refractivity contribution is 6.20. The van der Waals surface area contributed by atoms with Crippen molar-refractivity contribution < 1.29 is 8.83 Å². The van der Waals surface area contributed by atoms with E-state index in [1.54, 1.807) is 0 Å². The summed E-state index contributed by atoms with van der Waals surface area (Å²) in [7, 11) is 0. The Morgan fingerprint density at radius 2 is 0.887 bits per heavy atom. The molecule has 0 fully saturated rings. The van der Waals surface area contributed by atoms with Gasteiger partial charge < -0.3 is 13.7 Å². The van der Waals surface area contributed by atoms with Crippen LogP contribution in [-0.4, -0.2) is 0 Å². The van der Waals surface area contributed by atoms with Crippen LogP contribution >= 0.6 is 0 Å². The molecule has 12 aromatic rings. The molecule has 0 spiro atoms. The lowest BCUT2D eigenvalue weighted by Crippen LogP contribution is -2.28. The fourth-order valence-corrected chi connectivity index (χ4v) is 10.6. The molecule has 290 valence electrons. The molecule has 0 saturated heterocycles. The molecule has 0 bridgehead atoms. The topological polar surface area (TPSA) is 29.5 Å². The molecule has 0 unspecified atom stereocenters. The minimum absolute atomic E-state index is 0.564. The third-order valence-electron chi connectivity index (χ3n) is 13.1. The zero-order chi connectivity index (χ0) is 40.8. The summed E-state index contributed by atoms with van der Waals surface area (Å²) in [6, 6.07) is 81.0. The molecule has 0 amide bonds. The summed E-state index contributed by atoms with van der Waals surface area (Å²) in [5.41, 5.74) is 15.5. The van der Waals surface area contributed by atoms with Gasteiger partial charge in [0.2, 0.25) is 0 Å². The Bertz CT molecular complexity index is 3670. The summed E-state index contributed by atoms with van der Waals surface area (Å²) in [4.78, 5) is 2.46. The molecule has 0 aliphatic heterocycles. The van der Waals surface area contributed by atoms with E-state index in [2.05, 4.69) is 223 Å². The van der Waals surface area contributed by atoms with Gasteiger partial charge in [0.25, 0.3) is 0 Å². The molecule has 3 nitrogen and oxygen atoms in total. The van der Waals surface area contributed by atoms with Gasteiger partial charge in [-0.25, -0.2) is 0 Å². The van der Waals surface area contributed by atoms with Crippen molar-refractivity contribution in [3.8, 4) is 22.3 Å². The highest BCUT2D eigenvalue weighted by Gasteiger charge is 2.47. The summed E-state index contributed by atoms with van der Waals surface area (Å²) >= 11 is 0. The van der Waals surface area contributed by atoms with E-state index in [4.69, 9.17) is 8.83 Å². The second kappa shape index (κ2) is 13.4. The van der Waals surface area contributed by atoms with E-state index in [0.717, 1.165) is 82.8 Å². The van der Waals surface area contributed by atoms with Gasteiger partial charge >= 0.3 is 0 Å². The summed E-state index contributed by atoms with van der Waals surface area (Å²) in [5.74, 6) is 0. The first-order valence-electron chi connectivity index (χ1n) is 21.3. The number of nitrogens with zero attached hydrogens (tertiary/aromatic N) is 1. The van der Waals surface area contributed by atoms with Crippen molar-refractivity contribution in [1.82, 2.24) is 0 Å². The normalized spacial score (nSPS) is 13.0. The molecule has 0 N–H and O–H groups in total. The van der Waals surface area contributed by atoms with Crippen molar-refractivity contribution in [1.29, 1.82) is 0 Å². The molecule has 10 aromatic carbocycles. The number of hydrogen-bond donors (Lipinski definition) is 0. The van der Waals surface area contributed by atoms with Gasteiger partial charge in [0.1, 0.15) is 16.7 Å². The molecule has 1 aliphatic carbocycles. The molecule has 0 saturated carbocycles. The van der Waals surface area contributed by atoms with Crippen LogP contribution in [0.25, 0.3) is 76.9 Å². The van der Waals surface area contributed by atoms with Crippen LogP contribution in [0.5, 0.6) is 0 Å². The first kappa shape index (κ1) is 34.7. The number of benzene rings is 10. The first-order chi connectivity index (χ1) is 30.8. The van der Waals surface area contributed by atoms with Gasteiger partial charge in [-0.1, -0.05) is 188 Å². The van der Waals surface area contributed by atoms with Gasteiger partial charge in [-0.05, 0) is 75.2 Å². The lowest BCUT2D eigenvalue weighted by molar-refractivity contribution is 0.669. The van der Waals surface area contributed by atoms with E-state index in [1.165, 1.54) is 33.4 Å². The summed E-state index contributed by atoms with van der Waals surface area (Å²) < 4.78 is 13.7. The van der Waals surface area contributed by atoms with Crippen LogP contribution in [0.15, 0.2) is 233 Å². The van der Waals surface area contributed by atoms with Crippen LogP contribution in [0.1, 0.15) is 22.3 Å². The number of fused-ring (bicyclic) bond motifs is 11. The average molecular weight is 792 g/mol. The SMILES string of the molecule is c1ccc(C2(c3ccccc3)c3ccccc3-c3c(N(c4ccccc4-c4cccc5oc6c7ccccc7ccc6c45)c4cccc5c4oc4ccccc45)cccc32)cc1. The van der Waals surface area contributed by atoms with Crippen molar-refractivity contribution >= 4 is 71.7 Å². The smallest absolute Gasteiger partial charge is 0.159 e. The van der Waals surface area contributed by atoms with E-state index in [0.29, 0.717) is 0 Å². The molecule has 13 rings (SSSR count). The maximum atomic E-state index is 6.92. The molecular weight excluding hydrogens is 755 g/mol. The fourth-order valence-electron chi connectivity index (χ4n) is 10.6. The molecule has 3 heteroatoms. The molecule has 0 atom stereocenters. The van der Waals surface area contributed by atoms with Gasteiger partial charge in [-0.15, -0.1) is 0 Å². The monoisotopic (exact) mass is 791 g/mol. The Labute approximate surface area is 358 Å². The predicted octanol–water partition coefficient (Wildman–Crippen LogP) is 16.1. The Balaban J connectivity index is 1.15. The van der Waals surface area contributed by atoms with E-state index in [1.807, 2.05) is 6.07 Å². The van der Waals surface area contributed by atoms with Crippen LogP contribution in [0.2, 0.25) is 0 Å². The summed E-state index contributed by atoms with van der Waals surface area (Å²) in [5, 5.41) is 6.63. The number of hydrogen-bond acceptors (Lipinski definition) is 3. The van der Waals surface area contributed by atoms with Gasteiger partial charge in [0, 0.05) is 38.1 Å². The number of para-hydroxylation sites is 3. The van der Waals surface area contributed by atoms with Crippen LogP contribution in [-0.2, 0) is 5.41 Å². The minimum atomic E-state index is -0.564. The molecule has 62 heavy (non-hydrogen) atoms. The number of anilines is 3. The average Bonchev–Trinajstić information content (AvgIpc) is 4.02. The fraction of sp³-hybridized carbons (Fsp3) is 0.0169. The quantitative estimate of drug-likeness (QED) is 0.168. The van der Waals surface area contributed by atoms with Crippen LogP contribution in [0.4, 0.5) is 17.1 Å². The van der Waals surface area contributed by atoms with Gasteiger partial charge in [-0.3, -0.25) is 0 Å². The van der Waals surface area contributed by atoms with Crippen LogP contribution < -0.4 is 4.90 Å². The van der Waals surface area contributed by atoms with Crippen molar-refractivity contribution in [3.05, 3.63) is 247 Å². The predicted molar refractivity (Wildman–Crippen MR) is 256 cm³/mol. The summed E-state index contributed by atoms with van der Waals surface area (Å²) in [6.45, 7) is 0. The van der Waals surface area contributed by atoms with E-state index < -0.39 is 5.41 Å². The van der Waals surface area contributed by atoms with E-state index in [-0.39, 0.29) is 0 Å². The molecule has 1 aliphatic rings. The zero-order valence-corrected chi connectivity index (χ0v) is 33.6. The number of furan rings is 2. The Kier molecular flexibility index (Phi) is 7.52. The zero-order valence-electron chi connectivity index (χ0n) is 33.6. The number of rotatable bonds is 6. The highest BCUT2D eigenvalue weighted by atomic mass is 16.3. The standard InChI is InChI=1S/C59H37NO2/c1-3-19-39(20-4-1)59(40-21-5-2-6-22-40)48-29-12-9-26-46(48)56-49(59)30-17-32-51(56)60(52-33-15-28-45-43-25-11-14-34-53(43)61-58(45)52)50-31-13-10-24-42(50)44-27-16-35-54-55(44)47-37-36-38-18-7-8-23-41(38)57(47)62-54/h1-37H. The van der Waals surface area contributed by atoms with E-state index in [9.17, 15) is 0 Å². The third kappa shape index (κ3) is 4.82. The van der Waals surface area contributed by atoms with Gasteiger partial charge in [0.15, 0.2) is 5.58 Å². The third-order valence-corrected chi connectivity index (χ3v) is 13.1. The second-order valence-electron chi connectivity index (χ2n) is 16.3. The maximum absolute atomic E-state index is 6.92. The van der Waals surface area contributed by atoms with Crippen molar-refractivity contribution in [3.63, 3.8) is 0 Å². The van der Waals surface area contributed by atoms with E-state index >= 15 is 0 Å². The molecule has 2 heterocycles. The Hall–Kier alpha value is -8.14. The van der Waals surface area contributed by atoms with Crippen LogP contribution in [0.3, 0.4) is 0 Å². The minimum Gasteiger partial charge on any atom is -0.455 e. The van der Waals surface area contributed by atoms with Crippen molar-refractivity contribution in [2.24, 2.45) is 0 Å². The van der Waals surface area contributed by atoms with Crippen molar-refractivity contribution in [2.45, 2.75) is 5.41 Å². The lowest BCUT2D eigenvalue weighted by atomic mass is 9.68. The Morgan fingerprint density at radius 3 is 1.73 bits per heavy atom. The second-order valence-corrected chi connectivity index (χ2v) is 16.3. The Morgan fingerprint density at radius 1 is 0.323 bits per heavy atom. The van der Waals surface area contributed by atoms with Gasteiger partial charge in [-0.2, -0.15) is 0 Å². The lowest BCUT2D eigenvalue weighted by Gasteiger charge is -2.34. The maximum Gasteiger partial charge on any atom is 0.159 e.